The van der Waals surface area contributed by atoms with Gasteiger partial charge in [0.15, 0.2) is 0 Å². The third-order valence-electron chi connectivity index (χ3n) is 2.38. The summed E-state index contributed by atoms with van der Waals surface area (Å²) >= 11 is 5.89. The summed E-state index contributed by atoms with van der Waals surface area (Å²) < 4.78 is 2.03. The Balaban J connectivity index is 2.63. The molecule has 15 heavy (non-hydrogen) atoms. The highest BCUT2D eigenvalue weighted by Gasteiger charge is 2.08. The maximum absolute atomic E-state index is 9.20. The van der Waals surface area contributed by atoms with Gasteiger partial charge in [-0.05, 0) is 24.6 Å². The molecule has 0 spiro atoms. The van der Waals surface area contributed by atoms with Crippen LogP contribution in [0.1, 0.15) is 19.2 Å². The molecular weight excluding hydrogens is 212 g/mol. The number of hydrogen-bond donors (Lipinski definition) is 1. The summed E-state index contributed by atoms with van der Waals surface area (Å²) in [6.45, 7) is 2.93. The molecule has 3 nitrogen and oxygen atoms in total. The van der Waals surface area contributed by atoms with Gasteiger partial charge in [-0.1, -0.05) is 18.5 Å². The van der Waals surface area contributed by atoms with E-state index in [9.17, 15) is 5.11 Å². The first kappa shape index (κ1) is 10.5. The van der Waals surface area contributed by atoms with Crippen LogP contribution in [0.3, 0.4) is 0 Å². The highest BCUT2D eigenvalue weighted by molar-refractivity contribution is 6.31. The molecular formula is C11H13ClN2O. The molecule has 0 bridgehead atoms. The van der Waals surface area contributed by atoms with E-state index in [1.54, 1.807) is 0 Å². The van der Waals surface area contributed by atoms with Gasteiger partial charge in [-0.15, -0.1) is 0 Å². The number of aromatic nitrogens is 2. The molecule has 0 saturated heterocycles. The summed E-state index contributed by atoms with van der Waals surface area (Å²) in [5, 5.41) is 9.87. The predicted octanol–water partition coefficient (Wildman–Crippen LogP) is 2.59. The Morgan fingerprint density at radius 2 is 2.27 bits per heavy atom. The van der Waals surface area contributed by atoms with Crippen LogP contribution in [-0.2, 0) is 13.2 Å². The van der Waals surface area contributed by atoms with E-state index in [1.807, 2.05) is 22.8 Å². The summed E-state index contributed by atoms with van der Waals surface area (Å²) in [5.74, 6) is 0.703. The molecule has 4 heteroatoms. The number of aliphatic hydroxyl groups is 1. The number of aliphatic hydroxyl groups excluding tert-OH is 1. The van der Waals surface area contributed by atoms with Gasteiger partial charge in [-0.25, -0.2) is 4.98 Å². The molecule has 1 N–H and O–H groups in total. The number of fused-ring (bicyclic) bond motifs is 1. The third-order valence-corrected chi connectivity index (χ3v) is 2.61. The Hall–Kier alpha value is -1.06. The maximum atomic E-state index is 9.20. The van der Waals surface area contributed by atoms with E-state index in [-0.39, 0.29) is 6.61 Å². The average molecular weight is 225 g/mol. The number of benzene rings is 1. The summed E-state index contributed by atoms with van der Waals surface area (Å²) in [6, 6.07) is 5.61. The van der Waals surface area contributed by atoms with E-state index < -0.39 is 0 Å². The largest absolute Gasteiger partial charge is 0.388 e. The molecule has 0 aliphatic carbocycles. The molecule has 2 rings (SSSR count). The third kappa shape index (κ3) is 1.85. The molecule has 0 unspecified atom stereocenters. The minimum atomic E-state index is -0.0354. The lowest BCUT2D eigenvalue weighted by atomic mass is 10.3. The lowest BCUT2D eigenvalue weighted by Crippen LogP contribution is -2.02. The van der Waals surface area contributed by atoms with Crippen molar-refractivity contribution < 1.29 is 5.11 Å². The first-order valence-corrected chi connectivity index (χ1v) is 5.39. The molecule has 0 aliphatic heterocycles. The summed E-state index contributed by atoms with van der Waals surface area (Å²) in [7, 11) is 0. The van der Waals surface area contributed by atoms with Crippen LogP contribution in [-0.4, -0.2) is 14.7 Å². The Labute approximate surface area is 93.3 Å². The van der Waals surface area contributed by atoms with E-state index in [4.69, 9.17) is 11.6 Å². The van der Waals surface area contributed by atoms with Gasteiger partial charge < -0.3 is 9.67 Å². The highest BCUT2D eigenvalue weighted by atomic mass is 35.5. The number of nitrogens with zero attached hydrogens (tertiary/aromatic N) is 2. The van der Waals surface area contributed by atoms with Gasteiger partial charge in [0, 0.05) is 11.6 Å². The van der Waals surface area contributed by atoms with Gasteiger partial charge in [0.05, 0.1) is 11.0 Å². The van der Waals surface area contributed by atoms with Gasteiger partial charge in [0.2, 0.25) is 0 Å². The second-order valence-electron chi connectivity index (χ2n) is 3.47. The topological polar surface area (TPSA) is 38.0 Å². The second-order valence-corrected chi connectivity index (χ2v) is 3.91. The lowest BCUT2D eigenvalue weighted by molar-refractivity contribution is 0.265. The van der Waals surface area contributed by atoms with Crippen LogP contribution in [0.4, 0.5) is 0 Å². The Bertz CT molecular complexity index is 479. The molecule has 0 aliphatic rings. The van der Waals surface area contributed by atoms with Crippen molar-refractivity contribution >= 4 is 22.6 Å². The van der Waals surface area contributed by atoms with Gasteiger partial charge in [-0.2, -0.15) is 0 Å². The Morgan fingerprint density at radius 3 is 2.93 bits per heavy atom. The molecule has 0 fully saturated rings. The summed E-state index contributed by atoms with van der Waals surface area (Å²) in [5.41, 5.74) is 1.88. The Morgan fingerprint density at radius 1 is 1.47 bits per heavy atom. The molecule has 0 atom stereocenters. The minimum Gasteiger partial charge on any atom is -0.388 e. The first-order valence-electron chi connectivity index (χ1n) is 5.01. The molecule has 2 aromatic rings. The van der Waals surface area contributed by atoms with E-state index in [0.29, 0.717) is 10.8 Å². The van der Waals surface area contributed by atoms with Crippen molar-refractivity contribution in [1.82, 2.24) is 9.55 Å². The van der Waals surface area contributed by atoms with E-state index in [2.05, 4.69) is 11.9 Å². The second kappa shape index (κ2) is 4.21. The van der Waals surface area contributed by atoms with Crippen LogP contribution >= 0.6 is 11.6 Å². The smallest absolute Gasteiger partial charge is 0.135 e. The zero-order valence-electron chi connectivity index (χ0n) is 8.57. The summed E-state index contributed by atoms with van der Waals surface area (Å²) in [6.07, 6.45) is 1.01. The average Bonchev–Trinajstić information content (AvgIpc) is 2.56. The number of halogens is 1. The van der Waals surface area contributed by atoms with Crippen LogP contribution < -0.4 is 0 Å². The van der Waals surface area contributed by atoms with Crippen LogP contribution in [0, 0.1) is 0 Å². The van der Waals surface area contributed by atoms with Crippen molar-refractivity contribution in [2.45, 2.75) is 26.5 Å². The fourth-order valence-corrected chi connectivity index (χ4v) is 1.91. The number of hydrogen-bond acceptors (Lipinski definition) is 2. The van der Waals surface area contributed by atoms with E-state index in [0.717, 1.165) is 24.0 Å². The van der Waals surface area contributed by atoms with Gasteiger partial charge in [-0.3, -0.25) is 0 Å². The van der Waals surface area contributed by atoms with Crippen molar-refractivity contribution in [2.75, 3.05) is 0 Å². The lowest BCUT2D eigenvalue weighted by Gasteiger charge is -2.04. The van der Waals surface area contributed by atoms with Crippen molar-refractivity contribution in [1.29, 1.82) is 0 Å². The molecule has 80 valence electrons. The first-order chi connectivity index (χ1) is 7.26. The maximum Gasteiger partial charge on any atom is 0.135 e. The zero-order valence-corrected chi connectivity index (χ0v) is 9.33. The van der Waals surface area contributed by atoms with Crippen molar-refractivity contribution in [2.24, 2.45) is 0 Å². The molecule has 1 heterocycles. The van der Waals surface area contributed by atoms with E-state index in [1.165, 1.54) is 0 Å². The standard InChI is InChI=1S/C11H13ClN2O/c1-2-5-14-10-4-3-8(12)6-9(10)13-11(14)7-15/h3-4,6,15H,2,5,7H2,1H3. The predicted molar refractivity (Wildman–Crippen MR) is 61.0 cm³/mol. The molecule has 1 aromatic heterocycles. The quantitative estimate of drug-likeness (QED) is 0.870. The number of imidazole rings is 1. The minimum absolute atomic E-state index is 0.0354. The highest BCUT2D eigenvalue weighted by Crippen LogP contribution is 2.20. The summed E-state index contributed by atoms with van der Waals surface area (Å²) in [4.78, 5) is 4.34. The van der Waals surface area contributed by atoms with Gasteiger partial charge >= 0.3 is 0 Å². The van der Waals surface area contributed by atoms with Crippen LogP contribution in [0.25, 0.3) is 11.0 Å². The molecule has 0 saturated carbocycles. The fraction of sp³-hybridized carbons (Fsp3) is 0.364. The zero-order chi connectivity index (χ0) is 10.8. The van der Waals surface area contributed by atoms with Crippen LogP contribution in [0.5, 0.6) is 0 Å². The Kier molecular flexibility index (Phi) is 2.93. The normalized spacial score (nSPS) is 11.1. The van der Waals surface area contributed by atoms with Crippen LogP contribution in [0.15, 0.2) is 18.2 Å². The van der Waals surface area contributed by atoms with Crippen molar-refractivity contribution in [3.63, 3.8) is 0 Å². The van der Waals surface area contributed by atoms with Crippen molar-refractivity contribution in [3.8, 4) is 0 Å². The van der Waals surface area contributed by atoms with Gasteiger partial charge in [0.1, 0.15) is 12.4 Å². The fourth-order valence-electron chi connectivity index (χ4n) is 1.75. The van der Waals surface area contributed by atoms with Crippen molar-refractivity contribution in [3.05, 3.63) is 29.0 Å². The number of rotatable bonds is 3. The molecule has 1 aromatic carbocycles. The number of aryl methyl sites for hydroxylation is 1. The van der Waals surface area contributed by atoms with Crippen LogP contribution in [0.2, 0.25) is 5.02 Å². The molecule has 0 amide bonds. The monoisotopic (exact) mass is 224 g/mol. The van der Waals surface area contributed by atoms with Gasteiger partial charge in [0.25, 0.3) is 0 Å². The SMILES string of the molecule is CCCn1c(CO)nc2cc(Cl)ccc21. The van der Waals surface area contributed by atoms with E-state index >= 15 is 0 Å². The molecule has 0 radical (unpaired) electrons.